The van der Waals surface area contributed by atoms with Gasteiger partial charge < -0.3 is 9.88 Å². The van der Waals surface area contributed by atoms with E-state index in [4.69, 9.17) is 23.2 Å². The first-order valence-corrected chi connectivity index (χ1v) is 10.1. The van der Waals surface area contributed by atoms with Gasteiger partial charge in [-0.15, -0.1) is 10.2 Å². The van der Waals surface area contributed by atoms with Gasteiger partial charge >= 0.3 is 0 Å². The fraction of sp³-hybridized carbons (Fsp3) is 0.211. The lowest BCUT2D eigenvalue weighted by molar-refractivity contribution is -0.118. The number of thioether (sulfide) groups is 1. The molecule has 2 aromatic carbocycles. The minimum atomic E-state index is -0.0370. The molecule has 0 atom stereocenters. The molecule has 0 spiro atoms. The van der Waals surface area contributed by atoms with Crippen LogP contribution in [-0.2, 0) is 18.3 Å². The Bertz CT molecular complexity index is 910. The number of nitrogens with zero attached hydrogens (tertiary/aromatic N) is 3. The topological polar surface area (TPSA) is 59.8 Å². The molecule has 0 unspecified atom stereocenters. The van der Waals surface area contributed by atoms with Gasteiger partial charge in [-0.3, -0.25) is 4.79 Å². The van der Waals surface area contributed by atoms with Gasteiger partial charge in [0, 0.05) is 29.2 Å². The molecule has 3 rings (SSSR count). The molecule has 140 valence electrons. The van der Waals surface area contributed by atoms with E-state index >= 15 is 0 Å². The minimum Gasteiger partial charge on any atom is -0.355 e. The van der Waals surface area contributed by atoms with Crippen LogP contribution < -0.4 is 5.32 Å². The van der Waals surface area contributed by atoms with Crippen molar-refractivity contribution in [3.05, 3.63) is 64.1 Å². The van der Waals surface area contributed by atoms with Gasteiger partial charge in [-0.05, 0) is 48.4 Å². The number of hydrogen-bond acceptors (Lipinski definition) is 4. The van der Waals surface area contributed by atoms with E-state index < -0.39 is 0 Å². The average Bonchev–Trinajstić information content (AvgIpc) is 3.03. The maximum absolute atomic E-state index is 12.1. The van der Waals surface area contributed by atoms with Crippen LogP contribution in [0.25, 0.3) is 11.4 Å². The molecule has 0 saturated carbocycles. The van der Waals surface area contributed by atoms with Crippen LogP contribution in [0.1, 0.15) is 5.56 Å². The quantitative estimate of drug-likeness (QED) is 0.580. The monoisotopic (exact) mass is 420 g/mol. The van der Waals surface area contributed by atoms with Crippen LogP contribution >= 0.6 is 35.0 Å². The molecule has 27 heavy (non-hydrogen) atoms. The van der Waals surface area contributed by atoms with Crippen molar-refractivity contribution >= 4 is 40.9 Å². The predicted molar refractivity (Wildman–Crippen MR) is 110 cm³/mol. The molecule has 8 heteroatoms. The number of aromatic nitrogens is 3. The van der Waals surface area contributed by atoms with Gasteiger partial charge in [-0.1, -0.05) is 47.1 Å². The molecule has 0 radical (unpaired) electrons. The summed E-state index contributed by atoms with van der Waals surface area (Å²) in [6.45, 7) is 0.579. The number of carbonyl (C=O) groups is 1. The van der Waals surface area contributed by atoms with Gasteiger partial charge in [0.25, 0.3) is 0 Å². The van der Waals surface area contributed by atoms with E-state index in [1.165, 1.54) is 11.8 Å². The Morgan fingerprint density at radius 3 is 2.33 bits per heavy atom. The summed E-state index contributed by atoms with van der Waals surface area (Å²) in [6, 6.07) is 15.0. The van der Waals surface area contributed by atoms with E-state index in [1.54, 1.807) is 0 Å². The zero-order chi connectivity index (χ0) is 19.2. The van der Waals surface area contributed by atoms with Crippen LogP contribution in [0.2, 0.25) is 10.0 Å². The number of benzene rings is 2. The Hall–Kier alpha value is -2.02. The molecule has 0 aliphatic rings. The first-order valence-electron chi connectivity index (χ1n) is 8.32. The van der Waals surface area contributed by atoms with Gasteiger partial charge in [0.1, 0.15) is 0 Å². The summed E-state index contributed by atoms with van der Waals surface area (Å²) in [5.41, 5.74) is 2.06. The molecule has 1 heterocycles. The maximum Gasteiger partial charge on any atom is 0.230 e. The Morgan fingerprint density at radius 2 is 1.67 bits per heavy atom. The summed E-state index contributed by atoms with van der Waals surface area (Å²) < 4.78 is 1.87. The number of amides is 1. The zero-order valence-electron chi connectivity index (χ0n) is 14.7. The molecular formula is C19H18Cl2N4OS. The molecule has 5 nitrogen and oxygen atoms in total. The summed E-state index contributed by atoms with van der Waals surface area (Å²) in [7, 11) is 1.88. The van der Waals surface area contributed by atoms with E-state index in [0.717, 1.165) is 23.4 Å². The Balaban J connectivity index is 1.49. The zero-order valence-corrected chi connectivity index (χ0v) is 17.0. The molecule has 0 aliphatic carbocycles. The highest BCUT2D eigenvalue weighted by Gasteiger charge is 2.12. The lowest BCUT2D eigenvalue weighted by Crippen LogP contribution is -2.27. The van der Waals surface area contributed by atoms with E-state index in [1.807, 2.05) is 60.1 Å². The third-order valence-corrected chi connectivity index (χ3v) is 5.44. The van der Waals surface area contributed by atoms with Gasteiger partial charge in [-0.25, -0.2) is 0 Å². The molecule has 1 N–H and O–H groups in total. The fourth-order valence-corrected chi connectivity index (χ4v) is 3.46. The molecule has 0 fully saturated rings. The van der Waals surface area contributed by atoms with Crippen LogP contribution in [0, 0.1) is 0 Å². The van der Waals surface area contributed by atoms with Crippen molar-refractivity contribution in [3.63, 3.8) is 0 Å². The smallest absolute Gasteiger partial charge is 0.230 e. The minimum absolute atomic E-state index is 0.0370. The first kappa shape index (κ1) is 19.7. The molecule has 0 aliphatic heterocycles. The van der Waals surface area contributed by atoms with Crippen molar-refractivity contribution < 1.29 is 4.79 Å². The summed E-state index contributed by atoms with van der Waals surface area (Å²) in [6.07, 6.45) is 0.762. The van der Waals surface area contributed by atoms with E-state index in [-0.39, 0.29) is 11.7 Å². The highest BCUT2D eigenvalue weighted by atomic mass is 35.5. The summed E-state index contributed by atoms with van der Waals surface area (Å²) in [5, 5.41) is 13.4. The number of carbonyl (C=O) groups excluding carboxylic acids is 1. The van der Waals surface area contributed by atoms with Crippen LogP contribution in [0.4, 0.5) is 0 Å². The number of halogens is 2. The fourth-order valence-electron chi connectivity index (χ4n) is 2.47. The molecule has 1 amide bonds. The molecule has 3 aromatic rings. The van der Waals surface area contributed by atoms with Gasteiger partial charge in [0.15, 0.2) is 11.0 Å². The third kappa shape index (κ3) is 5.48. The number of rotatable bonds is 7. The summed E-state index contributed by atoms with van der Waals surface area (Å²) in [5.74, 6) is 0.982. The van der Waals surface area contributed by atoms with Crippen LogP contribution in [-0.4, -0.2) is 33.0 Å². The second kappa shape index (κ2) is 9.26. The lowest BCUT2D eigenvalue weighted by atomic mass is 10.1. The van der Waals surface area contributed by atoms with E-state index in [0.29, 0.717) is 21.7 Å². The van der Waals surface area contributed by atoms with Gasteiger partial charge in [0.2, 0.25) is 5.91 Å². The lowest BCUT2D eigenvalue weighted by Gasteiger charge is -2.06. The van der Waals surface area contributed by atoms with E-state index in [2.05, 4.69) is 15.5 Å². The van der Waals surface area contributed by atoms with Crippen molar-refractivity contribution in [2.45, 2.75) is 11.6 Å². The number of hydrogen-bond donors (Lipinski definition) is 1. The summed E-state index contributed by atoms with van der Waals surface area (Å²) >= 11 is 13.1. The van der Waals surface area contributed by atoms with Crippen molar-refractivity contribution in [3.8, 4) is 11.4 Å². The summed E-state index contributed by atoms with van der Waals surface area (Å²) in [4.78, 5) is 12.1. The van der Waals surface area contributed by atoms with Gasteiger partial charge in [-0.2, -0.15) is 0 Å². The second-order valence-corrected chi connectivity index (χ2v) is 7.70. The Kier molecular flexibility index (Phi) is 6.77. The normalized spacial score (nSPS) is 10.8. The van der Waals surface area contributed by atoms with Crippen molar-refractivity contribution in [1.82, 2.24) is 20.1 Å². The predicted octanol–water partition coefficient (Wildman–Crippen LogP) is 4.24. The van der Waals surface area contributed by atoms with Crippen LogP contribution in [0.15, 0.2) is 53.7 Å². The molecule has 1 aromatic heterocycles. The maximum atomic E-state index is 12.1. The molecule has 0 bridgehead atoms. The second-order valence-electron chi connectivity index (χ2n) is 5.89. The largest absolute Gasteiger partial charge is 0.355 e. The standard InChI is InChI=1S/C19H18Cl2N4OS/c1-25-18(14-4-8-16(21)9-5-14)23-24-19(25)27-12-17(26)22-11-10-13-2-6-15(20)7-3-13/h2-9H,10-12H2,1H3,(H,22,26). The highest BCUT2D eigenvalue weighted by Crippen LogP contribution is 2.23. The van der Waals surface area contributed by atoms with Crippen molar-refractivity contribution in [1.29, 1.82) is 0 Å². The Labute approximate surface area is 172 Å². The SMILES string of the molecule is Cn1c(SCC(=O)NCCc2ccc(Cl)cc2)nnc1-c1ccc(Cl)cc1. The van der Waals surface area contributed by atoms with Crippen LogP contribution in [0.5, 0.6) is 0 Å². The van der Waals surface area contributed by atoms with Crippen molar-refractivity contribution in [2.24, 2.45) is 7.05 Å². The molecular weight excluding hydrogens is 403 g/mol. The average molecular weight is 421 g/mol. The highest BCUT2D eigenvalue weighted by molar-refractivity contribution is 7.99. The van der Waals surface area contributed by atoms with Crippen molar-refractivity contribution in [2.75, 3.05) is 12.3 Å². The number of nitrogens with one attached hydrogen (secondary N) is 1. The van der Waals surface area contributed by atoms with Crippen LogP contribution in [0.3, 0.4) is 0 Å². The third-order valence-electron chi connectivity index (χ3n) is 3.92. The Morgan fingerprint density at radius 1 is 1.04 bits per heavy atom. The molecule has 0 saturated heterocycles. The first-order chi connectivity index (χ1) is 13.0. The van der Waals surface area contributed by atoms with Gasteiger partial charge in [0.05, 0.1) is 5.75 Å². The van der Waals surface area contributed by atoms with E-state index in [9.17, 15) is 4.79 Å².